The number of phenolic OH excluding ortho intramolecular Hbond substituents is 2. The van der Waals surface area contributed by atoms with E-state index in [-0.39, 0.29) is 43.0 Å². The van der Waals surface area contributed by atoms with Crippen molar-refractivity contribution in [2.24, 2.45) is 5.73 Å². The molecule has 0 saturated carbocycles. The summed E-state index contributed by atoms with van der Waals surface area (Å²) in [6.45, 7) is 3.08. The third-order valence-corrected chi connectivity index (χ3v) is 5.51. The third kappa shape index (κ3) is 9.21. The zero-order valence-corrected chi connectivity index (χ0v) is 19.2. The monoisotopic (exact) mass is 457 g/mol. The highest BCUT2D eigenvalue weighted by Gasteiger charge is 2.25. The van der Waals surface area contributed by atoms with Crippen LogP contribution in [-0.4, -0.2) is 69.1 Å². The van der Waals surface area contributed by atoms with E-state index in [1.54, 1.807) is 36.4 Å². The Balaban J connectivity index is 2.30. The lowest BCUT2D eigenvalue weighted by molar-refractivity contribution is -0.139. The molecule has 0 spiro atoms. The van der Waals surface area contributed by atoms with E-state index in [9.17, 15) is 24.9 Å². The zero-order valence-electron chi connectivity index (χ0n) is 19.2. The van der Waals surface area contributed by atoms with Gasteiger partial charge < -0.3 is 21.1 Å². The molecule has 1 unspecified atom stereocenters. The van der Waals surface area contributed by atoms with E-state index in [1.807, 2.05) is 21.9 Å². The van der Waals surface area contributed by atoms with E-state index in [4.69, 9.17) is 5.73 Å². The summed E-state index contributed by atoms with van der Waals surface area (Å²) in [6.07, 6.45) is 2.30. The molecule has 0 aliphatic rings. The van der Waals surface area contributed by atoms with Crippen LogP contribution in [0, 0.1) is 0 Å². The average molecular weight is 458 g/mol. The Morgan fingerprint density at radius 1 is 0.909 bits per heavy atom. The van der Waals surface area contributed by atoms with Crippen molar-refractivity contribution in [2.45, 2.75) is 45.3 Å². The molecule has 2 rings (SSSR count). The van der Waals surface area contributed by atoms with Gasteiger partial charge in [0, 0.05) is 36.8 Å². The quantitative estimate of drug-likeness (QED) is 0.301. The number of Topliss-reactive ketones (excluding diaryl/α,β-unsaturated/α-hetero) is 1. The summed E-state index contributed by atoms with van der Waals surface area (Å²) in [6, 6.07) is 13.7. The molecule has 0 aliphatic carbocycles. The maximum atomic E-state index is 12.0. The second kappa shape index (κ2) is 13.6. The number of unbranched alkanes of at least 4 members (excludes halogenated alkanes) is 1. The second-order valence-electron chi connectivity index (χ2n) is 8.37. The molecule has 33 heavy (non-hydrogen) atoms. The first-order valence-electron chi connectivity index (χ1n) is 11.2. The molecule has 0 radical (unpaired) electrons. The topological polar surface area (TPSA) is 127 Å². The summed E-state index contributed by atoms with van der Waals surface area (Å²) in [5, 5.41) is 30.0. The Labute approximate surface area is 195 Å². The number of nitrogens with two attached hydrogens (primary N) is 1. The minimum Gasteiger partial charge on any atom is -0.508 e. The Hall–Kier alpha value is -2.94. The number of carbonyl (C=O) groups excluding carboxylic acids is 1. The molecule has 2 aromatic rings. The van der Waals surface area contributed by atoms with Crippen molar-refractivity contribution in [3.63, 3.8) is 0 Å². The number of carboxylic acids is 1. The number of hydrogen-bond donors (Lipinski definition) is 4. The van der Waals surface area contributed by atoms with E-state index in [2.05, 4.69) is 0 Å². The minimum absolute atomic E-state index is 0.0170. The van der Waals surface area contributed by atoms with Gasteiger partial charge >= 0.3 is 5.97 Å². The van der Waals surface area contributed by atoms with Gasteiger partial charge in [-0.1, -0.05) is 42.8 Å². The van der Waals surface area contributed by atoms with Crippen LogP contribution in [0.1, 0.15) is 37.3 Å². The van der Waals surface area contributed by atoms with Gasteiger partial charge in [-0.2, -0.15) is 0 Å². The zero-order chi connectivity index (χ0) is 24.2. The normalized spacial score (nSPS) is 12.2. The summed E-state index contributed by atoms with van der Waals surface area (Å²) < 4.78 is 0. The van der Waals surface area contributed by atoms with Gasteiger partial charge in [0.2, 0.25) is 0 Å². The summed E-state index contributed by atoms with van der Waals surface area (Å²) >= 11 is 0. The maximum absolute atomic E-state index is 12.0. The second-order valence-corrected chi connectivity index (χ2v) is 8.37. The molecular formula is C25H35N3O5. The Kier molecular flexibility index (Phi) is 10.8. The number of para-hydroxylation sites is 2. The Morgan fingerprint density at radius 3 is 2.00 bits per heavy atom. The van der Waals surface area contributed by atoms with E-state index < -0.39 is 5.97 Å². The van der Waals surface area contributed by atoms with Crippen molar-refractivity contribution >= 4 is 11.8 Å². The summed E-state index contributed by atoms with van der Waals surface area (Å²) in [5.41, 5.74) is 7.02. The molecule has 0 aromatic heterocycles. The number of nitrogens with zero attached hydrogens (tertiary/aromatic N) is 2. The molecule has 5 N–H and O–H groups in total. The summed E-state index contributed by atoms with van der Waals surface area (Å²) in [4.78, 5) is 27.4. The number of aliphatic carboxylic acids is 1. The number of carbonyl (C=O) groups is 2. The van der Waals surface area contributed by atoms with Crippen molar-refractivity contribution in [2.75, 3.05) is 26.2 Å². The molecule has 2 aromatic carbocycles. The SMILES string of the molecule is CC(=O)CN(Cc1ccccc1O)CC(CCCCN)N(CC(=O)O)Cc1ccccc1O. The predicted molar refractivity (Wildman–Crippen MR) is 127 cm³/mol. The van der Waals surface area contributed by atoms with Gasteiger partial charge in [0.1, 0.15) is 17.3 Å². The predicted octanol–water partition coefficient (Wildman–Crippen LogP) is 2.57. The van der Waals surface area contributed by atoms with Crippen LogP contribution in [0.15, 0.2) is 48.5 Å². The maximum Gasteiger partial charge on any atom is 0.317 e. The van der Waals surface area contributed by atoms with Crippen LogP contribution < -0.4 is 5.73 Å². The minimum atomic E-state index is -0.965. The average Bonchev–Trinajstić information content (AvgIpc) is 2.75. The number of aromatic hydroxyl groups is 2. The molecule has 0 bridgehead atoms. The van der Waals surface area contributed by atoms with Crippen LogP contribution in [-0.2, 0) is 22.7 Å². The number of rotatable bonds is 15. The smallest absolute Gasteiger partial charge is 0.317 e. The lowest BCUT2D eigenvalue weighted by atomic mass is 10.0. The van der Waals surface area contributed by atoms with Crippen molar-refractivity contribution in [1.29, 1.82) is 0 Å². The number of benzene rings is 2. The molecule has 0 fully saturated rings. The standard InChI is InChI=1S/C25H35N3O5/c1-19(29)14-27(15-20-8-2-4-11-23(20)30)17-22(10-6-7-13-26)28(18-25(32)33)16-21-9-3-5-12-24(21)31/h2-5,8-9,11-12,22,30-31H,6-7,10,13-18,26H2,1H3,(H,32,33). The van der Waals surface area contributed by atoms with Crippen molar-refractivity contribution in [3.8, 4) is 11.5 Å². The molecule has 0 amide bonds. The van der Waals surface area contributed by atoms with Gasteiger partial charge in [-0.15, -0.1) is 0 Å². The largest absolute Gasteiger partial charge is 0.508 e. The van der Waals surface area contributed by atoms with Crippen LogP contribution >= 0.6 is 0 Å². The Morgan fingerprint density at radius 2 is 1.48 bits per heavy atom. The lowest BCUT2D eigenvalue weighted by Crippen LogP contribution is -2.46. The van der Waals surface area contributed by atoms with Crippen LogP contribution in [0.4, 0.5) is 0 Å². The Bertz CT molecular complexity index is 905. The van der Waals surface area contributed by atoms with Crippen LogP contribution in [0.5, 0.6) is 11.5 Å². The highest BCUT2D eigenvalue weighted by Crippen LogP contribution is 2.23. The first kappa shape index (κ1) is 26.3. The molecule has 1 atom stereocenters. The van der Waals surface area contributed by atoms with Crippen molar-refractivity contribution in [1.82, 2.24) is 9.80 Å². The van der Waals surface area contributed by atoms with Gasteiger partial charge in [0.15, 0.2) is 0 Å². The van der Waals surface area contributed by atoms with E-state index in [0.29, 0.717) is 37.2 Å². The van der Waals surface area contributed by atoms with Crippen molar-refractivity contribution in [3.05, 3.63) is 59.7 Å². The number of hydrogen-bond acceptors (Lipinski definition) is 7. The highest BCUT2D eigenvalue weighted by atomic mass is 16.4. The van der Waals surface area contributed by atoms with Gasteiger partial charge in [0.25, 0.3) is 0 Å². The van der Waals surface area contributed by atoms with Crippen molar-refractivity contribution < 1.29 is 24.9 Å². The molecule has 0 heterocycles. The molecule has 8 nitrogen and oxygen atoms in total. The number of phenols is 2. The van der Waals surface area contributed by atoms with E-state index >= 15 is 0 Å². The van der Waals surface area contributed by atoms with E-state index in [1.165, 1.54) is 6.92 Å². The van der Waals surface area contributed by atoms with Gasteiger partial charge in [-0.25, -0.2) is 0 Å². The molecular weight excluding hydrogens is 422 g/mol. The van der Waals surface area contributed by atoms with E-state index in [0.717, 1.165) is 12.8 Å². The fourth-order valence-corrected chi connectivity index (χ4v) is 3.95. The van der Waals surface area contributed by atoms with Gasteiger partial charge in [0.05, 0.1) is 13.1 Å². The molecule has 0 saturated heterocycles. The van der Waals surface area contributed by atoms with Gasteiger partial charge in [-0.3, -0.25) is 19.4 Å². The van der Waals surface area contributed by atoms with Gasteiger partial charge in [-0.05, 0) is 38.4 Å². The first-order valence-corrected chi connectivity index (χ1v) is 11.2. The fourth-order valence-electron chi connectivity index (χ4n) is 3.95. The molecule has 8 heteroatoms. The third-order valence-electron chi connectivity index (χ3n) is 5.51. The molecule has 180 valence electrons. The van der Waals surface area contributed by atoms with Crippen LogP contribution in [0.2, 0.25) is 0 Å². The first-order chi connectivity index (χ1) is 15.8. The highest BCUT2D eigenvalue weighted by molar-refractivity contribution is 5.77. The number of ketones is 1. The lowest BCUT2D eigenvalue weighted by Gasteiger charge is -2.35. The number of carboxylic acid groups (broad SMARTS) is 1. The molecule has 0 aliphatic heterocycles. The summed E-state index contributed by atoms with van der Waals surface area (Å²) in [7, 11) is 0. The van der Waals surface area contributed by atoms with Crippen LogP contribution in [0.3, 0.4) is 0 Å². The van der Waals surface area contributed by atoms with Crippen LogP contribution in [0.25, 0.3) is 0 Å². The fraction of sp³-hybridized carbons (Fsp3) is 0.440. The summed E-state index contributed by atoms with van der Waals surface area (Å²) in [5.74, 6) is -0.713.